The van der Waals surface area contributed by atoms with E-state index in [0.29, 0.717) is 10.6 Å². The number of fused-ring (bicyclic) bond motifs is 1. The fourth-order valence-electron chi connectivity index (χ4n) is 2.63. The highest BCUT2D eigenvalue weighted by molar-refractivity contribution is 9.10. The SMILES string of the molecule is Cc1cc(Cl)ccc1NC(=O)Cn1cc(C=O)c2cc(Br)ccc21. The lowest BCUT2D eigenvalue weighted by Crippen LogP contribution is -2.18. The van der Waals surface area contributed by atoms with E-state index in [9.17, 15) is 9.59 Å². The summed E-state index contributed by atoms with van der Waals surface area (Å²) in [4.78, 5) is 23.6. The molecule has 6 heteroatoms. The molecule has 1 amide bonds. The van der Waals surface area contributed by atoms with E-state index in [-0.39, 0.29) is 12.5 Å². The smallest absolute Gasteiger partial charge is 0.244 e. The minimum absolute atomic E-state index is 0.119. The number of aldehydes is 1. The van der Waals surface area contributed by atoms with Gasteiger partial charge in [-0.15, -0.1) is 0 Å². The molecule has 0 spiro atoms. The highest BCUT2D eigenvalue weighted by atomic mass is 79.9. The number of carbonyl (C=O) groups excluding carboxylic acids is 2. The Balaban J connectivity index is 1.86. The zero-order valence-electron chi connectivity index (χ0n) is 12.8. The van der Waals surface area contributed by atoms with Gasteiger partial charge >= 0.3 is 0 Å². The topological polar surface area (TPSA) is 51.1 Å². The minimum atomic E-state index is -0.169. The van der Waals surface area contributed by atoms with E-state index in [2.05, 4.69) is 21.2 Å². The molecule has 122 valence electrons. The molecule has 0 bridgehead atoms. The van der Waals surface area contributed by atoms with Crippen molar-refractivity contribution < 1.29 is 9.59 Å². The number of hydrogen-bond acceptors (Lipinski definition) is 2. The zero-order chi connectivity index (χ0) is 17.3. The summed E-state index contributed by atoms with van der Waals surface area (Å²) >= 11 is 9.33. The van der Waals surface area contributed by atoms with Gasteiger partial charge in [-0.3, -0.25) is 9.59 Å². The number of nitrogens with zero attached hydrogens (tertiary/aromatic N) is 1. The molecular weight excluding hydrogens is 392 g/mol. The summed E-state index contributed by atoms with van der Waals surface area (Å²) in [5.74, 6) is -0.169. The molecule has 2 aromatic carbocycles. The number of aryl methyl sites for hydroxylation is 1. The van der Waals surface area contributed by atoms with E-state index in [1.54, 1.807) is 29.0 Å². The molecule has 0 saturated heterocycles. The molecule has 3 aromatic rings. The largest absolute Gasteiger partial charge is 0.337 e. The molecule has 3 rings (SSSR count). The van der Waals surface area contributed by atoms with Crippen molar-refractivity contribution in [3.8, 4) is 0 Å². The lowest BCUT2D eigenvalue weighted by molar-refractivity contribution is -0.116. The van der Waals surface area contributed by atoms with Crippen molar-refractivity contribution in [1.82, 2.24) is 4.57 Å². The Labute approximate surface area is 152 Å². The Hall–Kier alpha value is -2.11. The highest BCUT2D eigenvalue weighted by Crippen LogP contribution is 2.25. The van der Waals surface area contributed by atoms with E-state index in [0.717, 1.165) is 32.9 Å². The van der Waals surface area contributed by atoms with Crippen LogP contribution < -0.4 is 5.32 Å². The Kier molecular flexibility index (Phi) is 4.73. The van der Waals surface area contributed by atoms with Crippen molar-refractivity contribution in [2.75, 3.05) is 5.32 Å². The van der Waals surface area contributed by atoms with Gasteiger partial charge in [0, 0.05) is 37.8 Å². The first-order chi connectivity index (χ1) is 11.5. The summed E-state index contributed by atoms with van der Waals surface area (Å²) in [5, 5.41) is 4.32. The molecule has 0 aliphatic heterocycles. The minimum Gasteiger partial charge on any atom is -0.337 e. The number of benzene rings is 2. The molecule has 1 aromatic heterocycles. The predicted molar refractivity (Wildman–Crippen MR) is 99.8 cm³/mol. The van der Waals surface area contributed by atoms with Gasteiger partial charge < -0.3 is 9.88 Å². The van der Waals surface area contributed by atoms with E-state index in [1.807, 2.05) is 25.1 Å². The third-order valence-electron chi connectivity index (χ3n) is 3.78. The monoisotopic (exact) mass is 404 g/mol. The number of hydrogen-bond donors (Lipinski definition) is 1. The fourth-order valence-corrected chi connectivity index (χ4v) is 3.22. The van der Waals surface area contributed by atoms with Gasteiger partial charge in [0.25, 0.3) is 0 Å². The summed E-state index contributed by atoms with van der Waals surface area (Å²) in [7, 11) is 0. The standard InChI is InChI=1S/C18H14BrClN2O2/c1-11-6-14(20)3-4-16(11)21-18(24)9-22-8-12(10-23)15-7-13(19)2-5-17(15)22/h2-8,10H,9H2,1H3,(H,21,24). The molecule has 1 heterocycles. The van der Waals surface area contributed by atoms with Gasteiger partial charge in [-0.05, 0) is 48.9 Å². The Bertz CT molecular complexity index is 950. The van der Waals surface area contributed by atoms with Gasteiger partial charge in [0.15, 0.2) is 6.29 Å². The van der Waals surface area contributed by atoms with Gasteiger partial charge in [-0.2, -0.15) is 0 Å². The number of aromatic nitrogens is 1. The second-order valence-electron chi connectivity index (χ2n) is 5.50. The van der Waals surface area contributed by atoms with Crippen molar-refractivity contribution >= 4 is 56.3 Å². The van der Waals surface area contributed by atoms with Crippen LogP contribution in [0.4, 0.5) is 5.69 Å². The molecule has 0 aliphatic carbocycles. The lowest BCUT2D eigenvalue weighted by Gasteiger charge is -2.10. The van der Waals surface area contributed by atoms with Crippen LogP contribution in [-0.2, 0) is 11.3 Å². The van der Waals surface area contributed by atoms with E-state index >= 15 is 0 Å². The maximum atomic E-state index is 12.4. The molecule has 24 heavy (non-hydrogen) atoms. The number of rotatable bonds is 4. The van der Waals surface area contributed by atoms with Gasteiger partial charge in [0.1, 0.15) is 6.54 Å². The van der Waals surface area contributed by atoms with Crippen LogP contribution in [0.25, 0.3) is 10.9 Å². The number of nitrogens with one attached hydrogen (secondary N) is 1. The Morgan fingerprint density at radius 1 is 1.29 bits per heavy atom. The number of amides is 1. The average Bonchev–Trinajstić information content (AvgIpc) is 2.87. The van der Waals surface area contributed by atoms with E-state index < -0.39 is 0 Å². The van der Waals surface area contributed by atoms with Crippen LogP contribution in [0.15, 0.2) is 47.1 Å². The van der Waals surface area contributed by atoms with Crippen LogP contribution in [-0.4, -0.2) is 16.8 Å². The van der Waals surface area contributed by atoms with E-state index in [4.69, 9.17) is 11.6 Å². The summed E-state index contributed by atoms with van der Waals surface area (Å²) < 4.78 is 2.66. The van der Waals surface area contributed by atoms with Gasteiger partial charge in [-0.25, -0.2) is 0 Å². The fraction of sp³-hybridized carbons (Fsp3) is 0.111. The van der Waals surface area contributed by atoms with Crippen molar-refractivity contribution in [1.29, 1.82) is 0 Å². The molecule has 4 nitrogen and oxygen atoms in total. The summed E-state index contributed by atoms with van der Waals surface area (Å²) in [6, 6.07) is 10.9. The number of anilines is 1. The summed E-state index contributed by atoms with van der Waals surface area (Å²) in [5.41, 5.74) is 3.01. The van der Waals surface area contributed by atoms with Gasteiger partial charge in [0.2, 0.25) is 5.91 Å². The molecule has 0 aliphatic rings. The van der Waals surface area contributed by atoms with Gasteiger partial charge in [-0.1, -0.05) is 27.5 Å². The average molecular weight is 406 g/mol. The molecule has 0 unspecified atom stereocenters. The molecule has 0 saturated carbocycles. The quantitative estimate of drug-likeness (QED) is 0.633. The van der Waals surface area contributed by atoms with Crippen molar-refractivity contribution in [3.05, 3.63) is 63.2 Å². The summed E-state index contributed by atoms with van der Waals surface area (Å²) in [6.07, 6.45) is 2.49. The first kappa shape index (κ1) is 16.7. The van der Waals surface area contributed by atoms with Crippen LogP contribution in [0.2, 0.25) is 5.02 Å². The third-order valence-corrected chi connectivity index (χ3v) is 4.51. The van der Waals surface area contributed by atoms with Crippen LogP contribution in [0.3, 0.4) is 0 Å². The maximum absolute atomic E-state index is 12.4. The first-order valence-electron chi connectivity index (χ1n) is 7.27. The predicted octanol–water partition coefficient (Wildman–Crippen LogP) is 4.82. The first-order valence-corrected chi connectivity index (χ1v) is 8.44. The zero-order valence-corrected chi connectivity index (χ0v) is 15.2. The normalized spacial score (nSPS) is 10.8. The second kappa shape index (κ2) is 6.79. The van der Waals surface area contributed by atoms with E-state index in [1.165, 1.54) is 0 Å². The Morgan fingerprint density at radius 2 is 2.08 bits per heavy atom. The van der Waals surface area contributed by atoms with Crippen LogP contribution >= 0.6 is 27.5 Å². The molecule has 0 atom stereocenters. The van der Waals surface area contributed by atoms with Crippen LogP contribution in [0.1, 0.15) is 15.9 Å². The van der Waals surface area contributed by atoms with Crippen molar-refractivity contribution in [3.63, 3.8) is 0 Å². The molecule has 0 radical (unpaired) electrons. The molecule has 1 N–H and O–H groups in total. The van der Waals surface area contributed by atoms with Crippen LogP contribution in [0.5, 0.6) is 0 Å². The highest BCUT2D eigenvalue weighted by Gasteiger charge is 2.12. The maximum Gasteiger partial charge on any atom is 0.244 e. The third kappa shape index (κ3) is 3.37. The van der Waals surface area contributed by atoms with Crippen molar-refractivity contribution in [2.45, 2.75) is 13.5 Å². The number of halogens is 2. The van der Waals surface area contributed by atoms with Gasteiger partial charge in [0.05, 0.1) is 0 Å². The molecular formula is C18H14BrClN2O2. The lowest BCUT2D eigenvalue weighted by atomic mass is 10.2. The number of carbonyl (C=O) groups is 2. The molecule has 0 fully saturated rings. The second-order valence-corrected chi connectivity index (χ2v) is 6.85. The Morgan fingerprint density at radius 3 is 2.79 bits per heavy atom. The van der Waals surface area contributed by atoms with Crippen molar-refractivity contribution in [2.24, 2.45) is 0 Å². The van der Waals surface area contributed by atoms with Crippen LogP contribution in [0, 0.1) is 6.92 Å². The summed E-state index contributed by atoms with van der Waals surface area (Å²) in [6.45, 7) is 2.00.